The molecule has 4 heterocycles. The number of rotatable bonds is 4. The summed E-state index contributed by atoms with van der Waals surface area (Å²) in [5.41, 5.74) is 6.94. The van der Waals surface area contributed by atoms with Crippen LogP contribution in [0.2, 0.25) is 0 Å². The largest absolute Gasteiger partial charge is 0.434 e. The second kappa shape index (κ2) is 8.21. The Labute approximate surface area is 225 Å². The molecule has 3 aromatic heterocycles. The van der Waals surface area contributed by atoms with Gasteiger partial charge in [-0.1, -0.05) is 6.07 Å². The van der Waals surface area contributed by atoms with Crippen LogP contribution in [0.1, 0.15) is 71.1 Å². The number of hydrogen-bond donors (Lipinski definition) is 2. The lowest BCUT2D eigenvalue weighted by atomic mass is 9.66. The molecule has 3 aliphatic rings. The topological polar surface area (TPSA) is 132 Å². The summed E-state index contributed by atoms with van der Waals surface area (Å²) in [4.78, 5) is 28.1. The van der Waals surface area contributed by atoms with Gasteiger partial charge in [-0.2, -0.15) is 13.9 Å². The highest BCUT2D eigenvalue weighted by Gasteiger charge is 2.51. The first-order valence-corrected chi connectivity index (χ1v) is 12.7. The minimum absolute atomic E-state index is 0.0190. The summed E-state index contributed by atoms with van der Waals surface area (Å²) in [6, 6.07) is 4.03. The number of hydrogen-bond acceptors (Lipinski definition) is 8. The van der Waals surface area contributed by atoms with Crippen molar-refractivity contribution < 1.29 is 27.8 Å². The Kier molecular flexibility index (Phi) is 5.11. The number of aliphatic hydroxyl groups is 1. The van der Waals surface area contributed by atoms with Gasteiger partial charge in [0.2, 0.25) is 0 Å². The van der Waals surface area contributed by atoms with E-state index in [4.69, 9.17) is 10.5 Å². The third kappa shape index (κ3) is 3.53. The van der Waals surface area contributed by atoms with E-state index >= 15 is 4.39 Å². The molecule has 0 unspecified atom stereocenters. The summed E-state index contributed by atoms with van der Waals surface area (Å²) in [6.07, 6.45) is 5.05. The van der Waals surface area contributed by atoms with Crippen molar-refractivity contribution in [2.45, 2.75) is 55.9 Å². The number of ether oxygens (including phenoxy) is 1. The normalized spacial score (nSPS) is 27.0. The highest BCUT2D eigenvalue weighted by molar-refractivity contribution is 5.98. The molecular formula is C27H24F3N7O3. The van der Waals surface area contributed by atoms with Gasteiger partial charge >= 0.3 is 6.61 Å². The van der Waals surface area contributed by atoms with E-state index in [9.17, 15) is 18.7 Å². The Bertz CT molecular complexity index is 1700. The number of benzene rings is 1. The maximum absolute atomic E-state index is 15.3. The van der Waals surface area contributed by atoms with Gasteiger partial charge in [0.15, 0.2) is 11.5 Å². The molecule has 40 heavy (non-hydrogen) atoms. The van der Waals surface area contributed by atoms with Gasteiger partial charge in [-0.3, -0.25) is 4.79 Å². The fourth-order valence-electron chi connectivity index (χ4n) is 6.62. The molecular weight excluding hydrogens is 527 g/mol. The third-order valence-electron chi connectivity index (χ3n) is 8.16. The summed E-state index contributed by atoms with van der Waals surface area (Å²) in [7, 11) is 1.63. The third-order valence-corrected chi connectivity index (χ3v) is 8.16. The first-order chi connectivity index (χ1) is 19.0. The molecule has 1 amide bonds. The van der Waals surface area contributed by atoms with E-state index in [-0.39, 0.29) is 22.9 Å². The first kappa shape index (κ1) is 24.9. The van der Waals surface area contributed by atoms with Gasteiger partial charge in [0.1, 0.15) is 17.3 Å². The monoisotopic (exact) mass is 551 g/mol. The van der Waals surface area contributed by atoms with Crippen LogP contribution >= 0.6 is 0 Å². The van der Waals surface area contributed by atoms with Crippen molar-refractivity contribution in [1.29, 1.82) is 0 Å². The van der Waals surface area contributed by atoms with Gasteiger partial charge in [-0.25, -0.2) is 23.9 Å². The lowest BCUT2D eigenvalue weighted by Gasteiger charge is -2.48. The number of alkyl halides is 2. The Balaban J connectivity index is 1.35. The van der Waals surface area contributed by atoms with E-state index < -0.39 is 35.5 Å². The zero-order valence-corrected chi connectivity index (χ0v) is 21.5. The maximum atomic E-state index is 15.3. The van der Waals surface area contributed by atoms with E-state index in [1.807, 2.05) is 0 Å². The van der Waals surface area contributed by atoms with E-state index in [1.54, 1.807) is 20.0 Å². The number of nitrogens with zero attached hydrogens (tertiary/aromatic N) is 6. The van der Waals surface area contributed by atoms with Crippen LogP contribution in [0.4, 0.5) is 13.2 Å². The van der Waals surface area contributed by atoms with Crippen molar-refractivity contribution in [1.82, 2.24) is 29.5 Å². The fraction of sp³-hybridized carbons (Fsp3) is 0.370. The van der Waals surface area contributed by atoms with Crippen LogP contribution in [-0.2, 0) is 5.54 Å². The van der Waals surface area contributed by atoms with Gasteiger partial charge in [-0.05, 0) is 25.5 Å². The molecule has 7 rings (SSSR count). The van der Waals surface area contributed by atoms with Crippen LogP contribution < -0.4 is 10.5 Å². The fourth-order valence-corrected chi connectivity index (χ4v) is 6.62. The smallest absolute Gasteiger partial charge is 0.387 e. The molecule has 1 saturated carbocycles. The Morgan fingerprint density at radius 1 is 1.20 bits per heavy atom. The molecule has 10 nitrogen and oxygen atoms in total. The molecule has 0 saturated heterocycles. The van der Waals surface area contributed by atoms with E-state index in [2.05, 4.69) is 20.1 Å². The van der Waals surface area contributed by atoms with E-state index in [0.717, 1.165) is 0 Å². The molecule has 1 fully saturated rings. The van der Waals surface area contributed by atoms with Crippen molar-refractivity contribution >= 4 is 11.6 Å². The van der Waals surface area contributed by atoms with Gasteiger partial charge in [0.25, 0.3) is 5.91 Å². The summed E-state index contributed by atoms with van der Waals surface area (Å²) >= 11 is 0. The van der Waals surface area contributed by atoms with Crippen LogP contribution in [-0.4, -0.2) is 59.7 Å². The number of aromatic nitrogens is 5. The second-order valence-electron chi connectivity index (χ2n) is 11.1. The van der Waals surface area contributed by atoms with E-state index in [0.29, 0.717) is 53.1 Å². The van der Waals surface area contributed by atoms with E-state index in [1.165, 1.54) is 40.1 Å². The minimum Gasteiger partial charge on any atom is -0.434 e. The van der Waals surface area contributed by atoms with Crippen molar-refractivity contribution in [2.24, 2.45) is 5.73 Å². The average molecular weight is 552 g/mol. The number of amides is 1. The summed E-state index contributed by atoms with van der Waals surface area (Å²) < 4.78 is 48.1. The molecule has 0 spiro atoms. The Morgan fingerprint density at radius 3 is 2.60 bits per heavy atom. The van der Waals surface area contributed by atoms with Crippen LogP contribution in [0.15, 0.2) is 36.8 Å². The zero-order valence-electron chi connectivity index (χ0n) is 21.5. The van der Waals surface area contributed by atoms with Crippen molar-refractivity contribution in [3.8, 4) is 17.0 Å². The second-order valence-corrected chi connectivity index (χ2v) is 11.1. The molecule has 3 N–H and O–H groups in total. The number of halogens is 3. The van der Waals surface area contributed by atoms with Gasteiger partial charge < -0.3 is 20.5 Å². The lowest BCUT2D eigenvalue weighted by Crippen LogP contribution is -2.59. The molecule has 1 aromatic carbocycles. The highest BCUT2D eigenvalue weighted by atomic mass is 19.3. The molecule has 2 aliphatic carbocycles. The average Bonchev–Trinajstić information content (AvgIpc) is 3.39. The number of carbonyl (C=O) groups is 1. The molecule has 206 valence electrons. The number of fused-ring (bicyclic) bond motifs is 9. The number of nitrogens with two attached hydrogens (primary N) is 1. The van der Waals surface area contributed by atoms with Gasteiger partial charge in [-0.15, -0.1) is 0 Å². The maximum Gasteiger partial charge on any atom is 0.387 e. The van der Waals surface area contributed by atoms with Gasteiger partial charge in [0, 0.05) is 60.5 Å². The number of carbonyl (C=O) groups excluding carboxylic acids is 1. The standard InChI is InChI=1S/C27H24F3N7O3/c1-26(39)10-27(31,11-26)24-32-7-12(8-33-24)20-15(28)9-37-22(34-20)19-14-6-16(21(19)35-37)36(2)23(38)13-4-3-5-17(18(13)14)40-25(29)30/h3-5,7-9,14,16,25,39H,6,10-11,31H2,1-2H3/t14-,16-,26?,27?/m1/s1. The lowest BCUT2D eigenvalue weighted by molar-refractivity contribution is -0.0769. The molecule has 4 aromatic rings. The van der Waals surface area contributed by atoms with Crippen LogP contribution in [0.3, 0.4) is 0 Å². The van der Waals surface area contributed by atoms with Crippen LogP contribution in [0.5, 0.6) is 5.75 Å². The Morgan fingerprint density at radius 2 is 1.93 bits per heavy atom. The molecule has 0 radical (unpaired) electrons. The van der Waals surface area contributed by atoms with Gasteiger partial charge in [0.05, 0.1) is 29.1 Å². The predicted molar refractivity (Wildman–Crippen MR) is 134 cm³/mol. The van der Waals surface area contributed by atoms with Crippen molar-refractivity contribution in [3.05, 3.63) is 70.8 Å². The Hall–Kier alpha value is -4.10. The molecule has 2 atom stereocenters. The predicted octanol–water partition coefficient (Wildman–Crippen LogP) is 3.29. The summed E-state index contributed by atoms with van der Waals surface area (Å²) in [5.74, 6) is -1.30. The molecule has 13 heteroatoms. The summed E-state index contributed by atoms with van der Waals surface area (Å²) in [5, 5.41) is 14.7. The quantitative estimate of drug-likeness (QED) is 0.395. The molecule has 1 aliphatic heterocycles. The van der Waals surface area contributed by atoms with Crippen molar-refractivity contribution in [3.63, 3.8) is 0 Å². The zero-order chi connectivity index (χ0) is 28.1. The summed E-state index contributed by atoms with van der Waals surface area (Å²) in [6.45, 7) is -1.39. The minimum atomic E-state index is -3.08. The molecule has 2 bridgehead atoms. The van der Waals surface area contributed by atoms with Crippen LogP contribution in [0, 0.1) is 5.82 Å². The SMILES string of the molecule is CN1C(=O)c2cccc(OC(F)F)c2[C@H]2C[C@@H]1c1nn3cc(F)c(-c4cnc(C5(N)CC(C)(O)C5)nc4)nc3c12. The highest BCUT2D eigenvalue weighted by Crippen LogP contribution is 2.53. The first-order valence-electron chi connectivity index (χ1n) is 12.7. The van der Waals surface area contributed by atoms with Crippen LogP contribution in [0.25, 0.3) is 16.9 Å². The van der Waals surface area contributed by atoms with Crippen molar-refractivity contribution in [2.75, 3.05) is 7.05 Å².